The number of halogens is 1. The highest BCUT2D eigenvalue weighted by Crippen LogP contribution is 2.49. The molecule has 4 atom stereocenters. The van der Waals surface area contributed by atoms with Crippen LogP contribution >= 0.6 is 15.9 Å². The second-order valence-electron chi connectivity index (χ2n) is 8.67. The van der Waals surface area contributed by atoms with Crippen LogP contribution in [0, 0.1) is 5.92 Å². The lowest BCUT2D eigenvalue weighted by atomic mass is 9.84. The number of hydrogen-bond donors (Lipinski definition) is 1. The summed E-state index contributed by atoms with van der Waals surface area (Å²) in [6.45, 7) is 6.75. The number of alkyl carbamates (subject to hydrolysis) is 1. The van der Waals surface area contributed by atoms with Gasteiger partial charge in [-0.2, -0.15) is 0 Å². The molecule has 2 saturated heterocycles. The van der Waals surface area contributed by atoms with Crippen molar-refractivity contribution in [1.29, 1.82) is 0 Å². The first-order chi connectivity index (χ1) is 14.9. The van der Waals surface area contributed by atoms with Crippen molar-refractivity contribution in [3.05, 3.63) is 58.1 Å². The van der Waals surface area contributed by atoms with Crippen LogP contribution in [-0.2, 0) is 25.4 Å². The molecule has 1 aromatic carbocycles. The number of fused-ring (bicyclic) bond motifs is 3. The number of rotatable bonds is 5. The van der Waals surface area contributed by atoms with Crippen molar-refractivity contribution in [2.75, 3.05) is 13.2 Å². The molecular weight excluding hydrogens is 462 g/mol. The van der Waals surface area contributed by atoms with Crippen LogP contribution in [0.1, 0.15) is 38.2 Å². The number of amides is 1. The Kier molecular flexibility index (Phi) is 6.53. The third-order valence-corrected chi connectivity index (χ3v) is 6.95. The second kappa shape index (κ2) is 9.17. The molecule has 2 fully saturated rings. The van der Waals surface area contributed by atoms with Gasteiger partial charge >= 0.3 is 12.1 Å². The normalized spacial score (nSPS) is 31.5. The van der Waals surface area contributed by atoms with E-state index in [1.807, 2.05) is 24.3 Å². The highest BCUT2D eigenvalue weighted by atomic mass is 79.9. The summed E-state index contributed by atoms with van der Waals surface area (Å²) in [5.41, 5.74) is 2.46. The largest absolute Gasteiger partial charge is 0.455 e. The van der Waals surface area contributed by atoms with Crippen LogP contribution in [0.15, 0.2) is 52.5 Å². The first kappa shape index (κ1) is 22.1. The summed E-state index contributed by atoms with van der Waals surface area (Å²) < 4.78 is 18.0. The van der Waals surface area contributed by atoms with Crippen LogP contribution in [0.4, 0.5) is 4.79 Å². The lowest BCUT2D eigenvalue weighted by molar-refractivity contribution is -0.140. The SMILES string of the molecule is C=C1C(=O)O[C@H]2[C@H]1CC/C(COC(=O)NCCc1ccc(Br)cc1)=C\CC[C@@]1(C)O[C@@H]21. The van der Waals surface area contributed by atoms with E-state index in [4.69, 9.17) is 14.2 Å². The molecule has 31 heavy (non-hydrogen) atoms. The van der Waals surface area contributed by atoms with E-state index in [9.17, 15) is 9.59 Å². The summed E-state index contributed by atoms with van der Waals surface area (Å²) in [6, 6.07) is 8.01. The van der Waals surface area contributed by atoms with E-state index < -0.39 is 6.09 Å². The lowest BCUT2D eigenvalue weighted by Crippen LogP contribution is -2.29. The van der Waals surface area contributed by atoms with Crippen molar-refractivity contribution in [3.63, 3.8) is 0 Å². The molecule has 0 saturated carbocycles. The third kappa shape index (κ3) is 5.21. The van der Waals surface area contributed by atoms with Gasteiger partial charge in [0, 0.05) is 22.5 Å². The Labute approximate surface area is 191 Å². The first-order valence-corrected chi connectivity index (χ1v) is 11.6. The number of carbonyl (C=O) groups is 2. The van der Waals surface area contributed by atoms with Gasteiger partial charge in [0.15, 0.2) is 0 Å². The summed E-state index contributed by atoms with van der Waals surface area (Å²) in [4.78, 5) is 24.2. The smallest absolute Gasteiger partial charge is 0.407 e. The summed E-state index contributed by atoms with van der Waals surface area (Å²) in [7, 11) is 0. The Hall–Kier alpha value is -2.12. The Balaban J connectivity index is 1.28. The zero-order valence-corrected chi connectivity index (χ0v) is 19.3. The summed E-state index contributed by atoms with van der Waals surface area (Å²) in [5, 5.41) is 2.81. The fourth-order valence-electron chi connectivity index (χ4n) is 4.42. The predicted molar refractivity (Wildman–Crippen MR) is 120 cm³/mol. The van der Waals surface area contributed by atoms with Crippen LogP contribution in [0.5, 0.6) is 0 Å². The number of epoxide rings is 1. The maximum Gasteiger partial charge on any atom is 0.407 e. The molecule has 0 radical (unpaired) electrons. The zero-order chi connectivity index (χ0) is 22.0. The fourth-order valence-corrected chi connectivity index (χ4v) is 4.68. The molecule has 0 unspecified atom stereocenters. The van der Waals surface area contributed by atoms with Crippen LogP contribution in [0.3, 0.4) is 0 Å². The molecule has 1 aliphatic carbocycles. The summed E-state index contributed by atoms with van der Waals surface area (Å²) in [6.07, 6.45) is 5.28. The van der Waals surface area contributed by atoms with Gasteiger partial charge in [-0.25, -0.2) is 9.59 Å². The maximum absolute atomic E-state index is 12.1. The number of nitrogens with one attached hydrogen (secondary N) is 1. The molecule has 0 bridgehead atoms. The average molecular weight is 490 g/mol. The Bertz CT molecular complexity index is 896. The van der Waals surface area contributed by atoms with Gasteiger partial charge in [0.05, 0.1) is 5.60 Å². The quantitative estimate of drug-likeness (QED) is 0.285. The van der Waals surface area contributed by atoms with Crippen LogP contribution in [0.2, 0.25) is 0 Å². The number of ether oxygens (including phenoxy) is 3. The van der Waals surface area contributed by atoms with Crippen LogP contribution < -0.4 is 5.32 Å². The molecule has 4 rings (SSSR count). The molecular formula is C24H28BrNO5. The van der Waals surface area contributed by atoms with E-state index in [0.29, 0.717) is 12.1 Å². The monoisotopic (exact) mass is 489 g/mol. The van der Waals surface area contributed by atoms with Gasteiger partial charge in [-0.05, 0) is 62.3 Å². The number of carbonyl (C=O) groups excluding carboxylic acids is 2. The minimum absolute atomic E-state index is 0.0524. The van der Waals surface area contributed by atoms with E-state index in [1.54, 1.807) is 0 Å². The van der Waals surface area contributed by atoms with Crippen molar-refractivity contribution in [1.82, 2.24) is 5.32 Å². The van der Waals surface area contributed by atoms with Crippen molar-refractivity contribution in [3.8, 4) is 0 Å². The molecule has 166 valence electrons. The highest BCUT2D eigenvalue weighted by molar-refractivity contribution is 9.10. The minimum Gasteiger partial charge on any atom is -0.455 e. The van der Waals surface area contributed by atoms with Gasteiger partial charge in [0.2, 0.25) is 0 Å². The number of esters is 1. The highest BCUT2D eigenvalue weighted by Gasteiger charge is 2.61. The predicted octanol–water partition coefficient (Wildman–Crippen LogP) is 4.47. The van der Waals surface area contributed by atoms with E-state index in [2.05, 4.69) is 40.8 Å². The Morgan fingerprint density at radius 2 is 2.13 bits per heavy atom. The van der Waals surface area contributed by atoms with Gasteiger partial charge in [-0.3, -0.25) is 0 Å². The second-order valence-corrected chi connectivity index (χ2v) is 9.59. The number of hydrogen-bond acceptors (Lipinski definition) is 5. The Morgan fingerprint density at radius 3 is 2.90 bits per heavy atom. The standard InChI is InChI=1S/C24H28BrNO5/c1-15-19-10-7-17(4-3-12-24(2)21(31-24)20(19)30-22(15)27)14-29-23(28)26-13-11-16-5-8-18(25)9-6-16/h4-6,8-9,19-21H,1,3,7,10-14H2,2H3,(H,26,28)/b17-4+/t19-,20-,21-,24+/m0/s1. The number of benzene rings is 1. The molecule has 7 heteroatoms. The fraction of sp³-hybridized carbons (Fsp3) is 0.500. The Morgan fingerprint density at radius 1 is 1.35 bits per heavy atom. The van der Waals surface area contributed by atoms with Gasteiger partial charge < -0.3 is 19.5 Å². The van der Waals surface area contributed by atoms with Gasteiger partial charge in [0.1, 0.15) is 18.8 Å². The summed E-state index contributed by atoms with van der Waals surface area (Å²) in [5.74, 6) is -0.375. The van der Waals surface area contributed by atoms with Gasteiger partial charge in [0.25, 0.3) is 0 Å². The van der Waals surface area contributed by atoms with Crippen LogP contribution in [-0.4, -0.2) is 43.0 Å². The molecule has 0 spiro atoms. The van der Waals surface area contributed by atoms with E-state index >= 15 is 0 Å². The molecule has 1 aromatic rings. The van der Waals surface area contributed by atoms with Crippen LogP contribution in [0.25, 0.3) is 0 Å². The van der Waals surface area contributed by atoms with Crippen molar-refractivity contribution in [2.45, 2.75) is 56.8 Å². The van der Waals surface area contributed by atoms with Gasteiger partial charge in [-0.1, -0.05) is 40.7 Å². The molecule has 2 heterocycles. The molecule has 0 aromatic heterocycles. The van der Waals surface area contributed by atoms with Crippen molar-refractivity contribution < 1.29 is 23.8 Å². The van der Waals surface area contributed by atoms with E-state index in [1.165, 1.54) is 0 Å². The molecule has 1 amide bonds. The minimum atomic E-state index is -0.422. The lowest BCUT2D eigenvalue weighted by Gasteiger charge is -2.20. The van der Waals surface area contributed by atoms with Gasteiger partial charge in [-0.15, -0.1) is 0 Å². The first-order valence-electron chi connectivity index (χ1n) is 10.8. The third-order valence-electron chi connectivity index (χ3n) is 6.42. The van der Waals surface area contributed by atoms with E-state index in [-0.39, 0.29) is 36.3 Å². The topological polar surface area (TPSA) is 77.2 Å². The van der Waals surface area contributed by atoms with Crippen molar-refractivity contribution >= 4 is 28.0 Å². The maximum atomic E-state index is 12.1. The molecule has 3 aliphatic rings. The summed E-state index contributed by atoms with van der Waals surface area (Å²) >= 11 is 3.41. The molecule has 1 N–H and O–H groups in total. The molecule has 2 aliphatic heterocycles. The number of allylic oxidation sites excluding steroid dienone is 1. The van der Waals surface area contributed by atoms with Crippen molar-refractivity contribution in [2.24, 2.45) is 5.92 Å². The van der Waals surface area contributed by atoms with E-state index in [0.717, 1.165) is 47.7 Å². The molecule has 6 nitrogen and oxygen atoms in total. The zero-order valence-electron chi connectivity index (χ0n) is 17.7. The average Bonchev–Trinajstić information content (AvgIpc) is 3.33.